The molecular weight excluding hydrogens is 380 g/mol. The Morgan fingerprint density at radius 2 is 2.11 bits per heavy atom. The molecule has 0 radical (unpaired) electrons. The summed E-state index contributed by atoms with van der Waals surface area (Å²) in [7, 11) is 1.52. The molecular formula is C19H25N4O4S+. The van der Waals surface area contributed by atoms with E-state index in [0.29, 0.717) is 18.0 Å². The quantitative estimate of drug-likeness (QED) is 0.275. The maximum atomic E-state index is 12.9. The molecule has 0 spiro atoms. The Kier molecular flexibility index (Phi) is 7.07. The predicted octanol–water partition coefficient (Wildman–Crippen LogP) is -0.565. The van der Waals surface area contributed by atoms with Crippen LogP contribution in [0.2, 0.25) is 0 Å². The maximum Gasteiger partial charge on any atom is 0.251 e. The van der Waals surface area contributed by atoms with Crippen LogP contribution in [0.1, 0.15) is 6.42 Å². The number of thiocarbonyl (C=S) groups is 1. The number of para-hydroxylation sites is 2. The molecule has 1 aromatic carbocycles. The van der Waals surface area contributed by atoms with Crippen LogP contribution in [0.3, 0.4) is 0 Å². The van der Waals surface area contributed by atoms with E-state index in [2.05, 4.69) is 10.3 Å². The van der Waals surface area contributed by atoms with Gasteiger partial charge in [0.05, 0.1) is 32.6 Å². The van der Waals surface area contributed by atoms with Crippen molar-refractivity contribution in [3.63, 3.8) is 0 Å². The normalized spacial score (nSPS) is 21.2. The van der Waals surface area contributed by atoms with Crippen molar-refractivity contribution < 1.29 is 24.0 Å². The van der Waals surface area contributed by atoms with Crippen LogP contribution in [0.4, 0.5) is 5.69 Å². The zero-order valence-corrected chi connectivity index (χ0v) is 16.7. The Labute approximate surface area is 169 Å². The van der Waals surface area contributed by atoms with Gasteiger partial charge >= 0.3 is 0 Å². The predicted molar refractivity (Wildman–Crippen MR) is 109 cm³/mol. The number of carbonyl (C=O) groups is 2. The second-order valence-corrected chi connectivity index (χ2v) is 7.03. The maximum absolute atomic E-state index is 12.9. The number of benzene rings is 1. The molecule has 0 aliphatic carbocycles. The number of morpholine rings is 1. The van der Waals surface area contributed by atoms with E-state index in [9.17, 15) is 9.59 Å². The van der Waals surface area contributed by atoms with Crippen molar-refractivity contribution in [3.8, 4) is 5.75 Å². The molecule has 8 nitrogen and oxygen atoms in total. The Bertz CT molecular complexity index is 764. The number of hydrogen-bond acceptors (Lipinski definition) is 6. The van der Waals surface area contributed by atoms with Gasteiger partial charge in [-0.3, -0.25) is 19.5 Å². The fourth-order valence-corrected chi connectivity index (χ4v) is 3.56. The standard InChI is InChI=1S/C19H24N4O4S/c1-26-16-6-3-2-5-15(16)23-18(25)14(17(24)21-19(23)28)13-20-7-4-8-22-9-11-27-12-10-22/h2-3,5-6,13-14H,4,7-12H2,1H3,(H,21,24,28)/p+1/t14-/m1/s1. The molecule has 150 valence electrons. The van der Waals surface area contributed by atoms with Crippen LogP contribution in [-0.4, -0.2) is 69.6 Å². The van der Waals surface area contributed by atoms with E-state index in [1.807, 2.05) is 0 Å². The smallest absolute Gasteiger partial charge is 0.251 e. The van der Waals surface area contributed by atoms with Gasteiger partial charge in [0.15, 0.2) is 11.0 Å². The molecule has 3 rings (SSSR count). The number of methoxy groups -OCH3 is 1. The van der Waals surface area contributed by atoms with Gasteiger partial charge in [-0.2, -0.15) is 0 Å². The van der Waals surface area contributed by atoms with E-state index in [1.165, 1.54) is 23.1 Å². The summed E-state index contributed by atoms with van der Waals surface area (Å²) in [6.45, 7) is 5.20. The van der Waals surface area contributed by atoms with Gasteiger partial charge in [-0.15, -0.1) is 0 Å². The van der Waals surface area contributed by atoms with E-state index >= 15 is 0 Å². The van der Waals surface area contributed by atoms with Gasteiger partial charge in [-0.25, -0.2) is 0 Å². The summed E-state index contributed by atoms with van der Waals surface area (Å²) in [5.41, 5.74) is 0.495. The molecule has 2 saturated heterocycles. The molecule has 2 aliphatic heterocycles. The summed E-state index contributed by atoms with van der Waals surface area (Å²) >= 11 is 5.21. The number of anilines is 1. The molecule has 0 unspecified atom stereocenters. The van der Waals surface area contributed by atoms with Crippen molar-refractivity contribution in [1.82, 2.24) is 5.32 Å². The molecule has 2 aliphatic rings. The van der Waals surface area contributed by atoms with E-state index in [-0.39, 0.29) is 5.11 Å². The van der Waals surface area contributed by atoms with Gasteiger partial charge in [0.1, 0.15) is 18.8 Å². The number of aliphatic imine (C=N–C) groups is 1. The fourth-order valence-electron chi connectivity index (χ4n) is 3.27. The zero-order chi connectivity index (χ0) is 19.9. The van der Waals surface area contributed by atoms with E-state index in [0.717, 1.165) is 39.3 Å². The molecule has 28 heavy (non-hydrogen) atoms. The molecule has 1 atom stereocenters. The molecule has 0 bridgehead atoms. The Hall–Kier alpha value is -2.36. The number of amides is 2. The second kappa shape index (κ2) is 9.72. The third-order valence-electron chi connectivity index (χ3n) is 4.80. The molecule has 2 fully saturated rings. The molecule has 1 aromatic rings. The minimum atomic E-state index is -1.01. The lowest BCUT2D eigenvalue weighted by atomic mass is 10.1. The summed E-state index contributed by atoms with van der Waals surface area (Å²) in [5.74, 6) is -1.39. The summed E-state index contributed by atoms with van der Waals surface area (Å²) in [6.07, 6.45) is 2.32. The lowest BCUT2D eigenvalue weighted by Gasteiger charge is -2.31. The van der Waals surface area contributed by atoms with Gasteiger partial charge in [0.25, 0.3) is 5.91 Å². The third-order valence-corrected chi connectivity index (χ3v) is 5.08. The lowest BCUT2D eigenvalue weighted by Crippen LogP contribution is -3.14. The molecule has 9 heteroatoms. The first-order valence-electron chi connectivity index (χ1n) is 9.35. The monoisotopic (exact) mass is 405 g/mol. The van der Waals surface area contributed by atoms with Crippen molar-refractivity contribution >= 4 is 41.0 Å². The topological polar surface area (TPSA) is 84.7 Å². The van der Waals surface area contributed by atoms with Crippen molar-refractivity contribution in [3.05, 3.63) is 24.3 Å². The van der Waals surface area contributed by atoms with Gasteiger partial charge in [0.2, 0.25) is 5.91 Å². The first-order valence-corrected chi connectivity index (χ1v) is 9.75. The van der Waals surface area contributed by atoms with Crippen LogP contribution in [0.25, 0.3) is 0 Å². The number of carbonyl (C=O) groups excluding carboxylic acids is 2. The largest absolute Gasteiger partial charge is 0.495 e. The van der Waals surface area contributed by atoms with Crippen molar-refractivity contribution in [2.24, 2.45) is 10.9 Å². The highest BCUT2D eigenvalue weighted by atomic mass is 32.1. The zero-order valence-electron chi connectivity index (χ0n) is 15.8. The van der Waals surface area contributed by atoms with E-state index in [1.54, 1.807) is 24.3 Å². The number of ether oxygens (including phenoxy) is 2. The minimum absolute atomic E-state index is 0.0417. The highest BCUT2D eigenvalue weighted by Gasteiger charge is 2.39. The summed E-state index contributed by atoms with van der Waals surface area (Å²) in [5, 5.41) is 2.63. The van der Waals surface area contributed by atoms with Crippen molar-refractivity contribution in [2.75, 3.05) is 51.4 Å². The number of rotatable bonds is 7. The third kappa shape index (κ3) is 4.73. The molecule has 2 N–H and O–H groups in total. The van der Waals surface area contributed by atoms with Crippen molar-refractivity contribution in [1.29, 1.82) is 0 Å². The first kappa shape index (κ1) is 20.4. The first-order chi connectivity index (χ1) is 13.6. The van der Waals surface area contributed by atoms with Crippen LogP contribution >= 0.6 is 12.2 Å². The van der Waals surface area contributed by atoms with Crippen LogP contribution in [0.15, 0.2) is 29.3 Å². The lowest BCUT2D eigenvalue weighted by molar-refractivity contribution is -0.908. The van der Waals surface area contributed by atoms with Crippen LogP contribution in [-0.2, 0) is 14.3 Å². The molecule has 0 aromatic heterocycles. The van der Waals surface area contributed by atoms with Gasteiger partial charge in [-0.05, 0) is 24.4 Å². The molecule has 0 saturated carbocycles. The highest BCUT2D eigenvalue weighted by molar-refractivity contribution is 7.80. The van der Waals surface area contributed by atoms with E-state index in [4.69, 9.17) is 21.7 Å². The average molecular weight is 406 g/mol. The Balaban J connectivity index is 1.63. The number of nitrogens with zero attached hydrogens (tertiary/aromatic N) is 2. The summed E-state index contributed by atoms with van der Waals surface area (Å²) in [4.78, 5) is 32.3. The second-order valence-electron chi connectivity index (χ2n) is 6.64. The van der Waals surface area contributed by atoms with Gasteiger partial charge in [0, 0.05) is 19.2 Å². The highest BCUT2D eigenvalue weighted by Crippen LogP contribution is 2.30. The molecule has 2 heterocycles. The fraction of sp³-hybridized carbons (Fsp3) is 0.474. The van der Waals surface area contributed by atoms with E-state index < -0.39 is 17.7 Å². The summed E-state index contributed by atoms with van der Waals surface area (Å²) in [6, 6.07) is 7.04. The van der Waals surface area contributed by atoms with Crippen LogP contribution < -0.4 is 19.9 Å². The van der Waals surface area contributed by atoms with Gasteiger partial charge < -0.3 is 19.7 Å². The van der Waals surface area contributed by atoms with Crippen molar-refractivity contribution in [2.45, 2.75) is 6.42 Å². The van der Waals surface area contributed by atoms with Crippen LogP contribution in [0.5, 0.6) is 5.75 Å². The number of nitrogens with one attached hydrogen (secondary N) is 2. The van der Waals surface area contributed by atoms with Gasteiger partial charge in [-0.1, -0.05) is 12.1 Å². The van der Waals surface area contributed by atoms with Crippen LogP contribution in [0, 0.1) is 5.92 Å². The minimum Gasteiger partial charge on any atom is -0.495 e. The Morgan fingerprint density at radius 1 is 1.36 bits per heavy atom. The number of quaternary nitrogens is 1. The Morgan fingerprint density at radius 3 is 2.86 bits per heavy atom. The number of hydrogen-bond donors (Lipinski definition) is 2. The summed E-state index contributed by atoms with van der Waals surface area (Å²) < 4.78 is 10.7. The molecule has 2 amide bonds. The SMILES string of the molecule is COc1ccccc1N1C(=O)[C@H](C=NCCC[NH+]2CCOCC2)C(=O)NC1=S. The average Bonchev–Trinajstić information content (AvgIpc) is 2.71.